The van der Waals surface area contributed by atoms with Crippen molar-refractivity contribution in [1.29, 1.82) is 0 Å². The maximum Gasteiger partial charge on any atom is 0.320 e. The number of aryl methyl sites for hydroxylation is 2. The van der Waals surface area contributed by atoms with Crippen molar-refractivity contribution in [2.75, 3.05) is 19.6 Å². The molecule has 0 bridgehead atoms. The molecule has 0 saturated carbocycles. The van der Waals surface area contributed by atoms with Gasteiger partial charge in [0.05, 0.1) is 26.2 Å². The molecule has 0 aliphatic heterocycles. The minimum atomic E-state index is -0.552. The lowest BCUT2D eigenvalue weighted by Gasteiger charge is -2.26. The third kappa shape index (κ3) is 15.6. The largest absolute Gasteiger partial charge is 0.459 e. The fourth-order valence-corrected chi connectivity index (χ4v) is 3.58. The Morgan fingerprint density at radius 1 is 0.848 bits per heavy atom. The van der Waals surface area contributed by atoms with Gasteiger partial charge in [0.1, 0.15) is 23.6 Å². The van der Waals surface area contributed by atoms with Gasteiger partial charge in [-0.2, -0.15) is 0 Å². The maximum absolute atomic E-state index is 12.3. The molecule has 0 unspecified atom stereocenters. The van der Waals surface area contributed by atoms with Gasteiger partial charge >= 0.3 is 11.9 Å². The summed E-state index contributed by atoms with van der Waals surface area (Å²) in [5.41, 5.74) is -1.10. The summed E-state index contributed by atoms with van der Waals surface area (Å²) in [7, 11) is 0. The van der Waals surface area contributed by atoms with Crippen LogP contribution in [0.2, 0.25) is 0 Å². The first-order valence-electron chi connectivity index (χ1n) is 12.6. The van der Waals surface area contributed by atoms with Crippen LogP contribution in [-0.4, -0.2) is 52.2 Å². The van der Waals surface area contributed by atoms with E-state index in [2.05, 4.69) is 34.8 Å². The van der Waals surface area contributed by atoms with Crippen LogP contribution >= 0.6 is 0 Å². The van der Waals surface area contributed by atoms with E-state index in [1.54, 1.807) is 0 Å². The maximum atomic E-state index is 12.3. The number of imidazole rings is 1. The van der Waals surface area contributed by atoms with Gasteiger partial charge < -0.3 is 9.47 Å². The molecule has 190 valence electrons. The summed E-state index contributed by atoms with van der Waals surface area (Å²) in [4.78, 5) is 26.5. The number of ether oxygens (including phenoxy) is 2. The molecule has 0 N–H and O–H groups in total. The third-order valence-electron chi connectivity index (χ3n) is 4.95. The molecule has 0 atom stereocenters. The third-order valence-corrected chi connectivity index (χ3v) is 4.95. The van der Waals surface area contributed by atoms with Gasteiger partial charge in [-0.1, -0.05) is 32.6 Å². The van der Waals surface area contributed by atoms with Gasteiger partial charge in [-0.15, -0.1) is 0 Å². The van der Waals surface area contributed by atoms with E-state index in [4.69, 9.17) is 9.47 Å². The van der Waals surface area contributed by atoms with Crippen LogP contribution in [0.4, 0.5) is 0 Å². The van der Waals surface area contributed by atoms with Gasteiger partial charge in [0.15, 0.2) is 0 Å². The first kappa shape index (κ1) is 29.1. The average Bonchev–Trinajstić information content (AvgIpc) is 3.09. The Hall–Kier alpha value is -1.89. The van der Waals surface area contributed by atoms with Gasteiger partial charge in [-0.3, -0.25) is 14.5 Å². The molecule has 1 aromatic rings. The molecule has 0 fully saturated rings. The van der Waals surface area contributed by atoms with E-state index < -0.39 is 11.2 Å². The predicted octanol–water partition coefficient (Wildman–Crippen LogP) is 4.51. The van der Waals surface area contributed by atoms with Crippen LogP contribution in [0.3, 0.4) is 0 Å². The summed E-state index contributed by atoms with van der Waals surface area (Å²) >= 11 is 0. The van der Waals surface area contributed by atoms with Crippen LogP contribution in [0, 0.1) is 0 Å². The molecule has 0 aliphatic carbocycles. The second-order valence-electron chi connectivity index (χ2n) is 10.9. The summed E-state index contributed by atoms with van der Waals surface area (Å²) in [6, 6.07) is 0. The Labute approximate surface area is 201 Å². The van der Waals surface area contributed by atoms with Gasteiger partial charge in [0.2, 0.25) is 6.33 Å². The van der Waals surface area contributed by atoms with Crippen molar-refractivity contribution < 1.29 is 23.6 Å². The molecular weight excluding hydrogens is 418 g/mol. The number of unbranched alkanes of at least 4 members (excludes halogenated alkanes) is 5. The first-order valence-corrected chi connectivity index (χ1v) is 12.6. The van der Waals surface area contributed by atoms with E-state index >= 15 is 0 Å². The Balaban J connectivity index is 2.51. The topological polar surface area (TPSA) is 64.6 Å². The summed E-state index contributed by atoms with van der Waals surface area (Å²) in [6.07, 6.45) is 14.9. The lowest BCUT2D eigenvalue weighted by Crippen LogP contribution is -2.41. The number of carbonyl (C=O) groups excluding carboxylic acids is 2. The van der Waals surface area contributed by atoms with Crippen LogP contribution in [-0.2, 0) is 32.2 Å². The number of rotatable bonds is 15. The number of carbonyl (C=O) groups is 2. The lowest BCUT2D eigenvalue weighted by molar-refractivity contribution is -0.696. The summed E-state index contributed by atoms with van der Waals surface area (Å²) in [5.74, 6) is -0.660. The molecule has 0 saturated heterocycles. The fraction of sp³-hybridized carbons (Fsp3) is 0.808. The highest BCUT2D eigenvalue weighted by atomic mass is 16.6. The van der Waals surface area contributed by atoms with E-state index in [0.29, 0.717) is 6.54 Å². The summed E-state index contributed by atoms with van der Waals surface area (Å²) in [5, 5.41) is 0. The molecular formula is C26H48N3O4+. The van der Waals surface area contributed by atoms with E-state index in [1.807, 2.05) is 46.4 Å². The predicted molar refractivity (Wildman–Crippen MR) is 131 cm³/mol. The van der Waals surface area contributed by atoms with Gasteiger partial charge in [0.25, 0.3) is 0 Å². The highest BCUT2D eigenvalue weighted by Gasteiger charge is 2.23. The van der Waals surface area contributed by atoms with Crippen LogP contribution in [0.5, 0.6) is 0 Å². The second-order valence-corrected chi connectivity index (χ2v) is 10.9. The second kappa shape index (κ2) is 14.4. The molecule has 0 amide bonds. The van der Waals surface area contributed by atoms with Crippen molar-refractivity contribution in [2.45, 2.75) is 118 Å². The van der Waals surface area contributed by atoms with Gasteiger partial charge in [0, 0.05) is 6.54 Å². The monoisotopic (exact) mass is 466 g/mol. The van der Waals surface area contributed by atoms with Crippen molar-refractivity contribution in [3.8, 4) is 0 Å². The molecule has 7 nitrogen and oxygen atoms in total. The molecule has 0 spiro atoms. The zero-order chi connectivity index (χ0) is 24.9. The molecule has 0 aliphatic rings. The standard InChI is InChI=1S/C26H48N3O4/c1-8-9-10-11-12-13-15-27-18-19-28(22-27)16-14-17-29(20-23(30)32-25(2,3)4)21-24(31)33-26(5,6)7/h18-19,22H,8-17,20-21H2,1-7H3/q+1. The zero-order valence-corrected chi connectivity index (χ0v) is 22.2. The Morgan fingerprint density at radius 2 is 1.39 bits per heavy atom. The number of nitrogens with zero attached hydrogens (tertiary/aromatic N) is 3. The normalized spacial score (nSPS) is 12.2. The Bertz CT molecular complexity index is 671. The molecule has 0 aromatic carbocycles. The lowest BCUT2D eigenvalue weighted by atomic mass is 10.1. The number of aromatic nitrogens is 2. The van der Waals surface area contributed by atoms with Crippen LogP contribution in [0.15, 0.2) is 18.7 Å². The zero-order valence-electron chi connectivity index (χ0n) is 22.2. The molecule has 1 rings (SSSR count). The van der Waals surface area contributed by atoms with Crippen molar-refractivity contribution in [3.05, 3.63) is 18.7 Å². The first-order chi connectivity index (χ1) is 15.4. The summed E-state index contributed by atoms with van der Waals surface area (Å²) in [6.45, 7) is 15.9. The van der Waals surface area contributed by atoms with Crippen molar-refractivity contribution in [3.63, 3.8) is 0 Å². The van der Waals surface area contributed by atoms with Gasteiger partial charge in [-0.05, 0) is 60.8 Å². The molecule has 33 heavy (non-hydrogen) atoms. The van der Waals surface area contributed by atoms with Crippen LogP contribution in [0.1, 0.15) is 93.4 Å². The average molecular weight is 467 g/mol. The van der Waals surface area contributed by atoms with E-state index in [9.17, 15) is 9.59 Å². The highest BCUT2D eigenvalue weighted by molar-refractivity contribution is 5.75. The SMILES string of the molecule is CCCCCCCCn1cc[n+](CCCN(CC(=O)OC(C)(C)C)CC(=O)OC(C)(C)C)c1. The van der Waals surface area contributed by atoms with Gasteiger partial charge in [-0.25, -0.2) is 9.13 Å². The Kier molecular flexibility index (Phi) is 12.7. The molecule has 1 heterocycles. The van der Waals surface area contributed by atoms with Crippen LogP contribution in [0.25, 0.3) is 0 Å². The minimum Gasteiger partial charge on any atom is -0.459 e. The number of hydrogen-bond donors (Lipinski definition) is 0. The number of hydrogen-bond acceptors (Lipinski definition) is 5. The Morgan fingerprint density at radius 3 is 1.94 bits per heavy atom. The van der Waals surface area contributed by atoms with Crippen LogP contribution < -0.4 is 4.57 Å². The fourth-order valence-electron chi connectivity index (χ4n) is 3.58. The number of esters is 2. The minimum absolute atomic E-state index is 0.0697. The smallest absolute Gasteiger partial charge is 0.320 e. The summed E-state index contributed by atoms with van der Waals surface area (Å²) < 4.78 is 15.3. The van der Waals surface area contributed by atoms with E-state index in [0.717, 1.165) is 19.5 Å². The van der Waals surface area contributed by atoms with E-state index in [-0.39, 0.29) is 25.0 Å². The molecule has 1 aromatic heterocycles. The molecule has 7 heteroatoms. The van der Waals surface area contributed by atoms with Crippen molar-refractivity contribution in [2.24, 2.45) is 0 Å². The molecule has 0 radical (unpaired) electrons. The van der Waals surface area contributed by atoms with Crippen molar-refractivity contribution in [1.82, 2.24) is 9.47 Å². The van der Waals surface area contributed by atoms with E-state index in [1.165, 1.54) is 38.5 Å². The van der Waals surface area contributed by atoms with Crippen molar-refractivity contribution >= 4 is 11.9 Å². The highest BCUT2D eigenvalue weighted by Crippen LogP contribution is 2.10. The quantitative estimate of drug-likeness (QED) is 0.216.